The molecular weight excluding hydrogens is 190 g/mol. The van der Waals surface area contributed by atoms with E-state index in [4.69, 9.17) is 10.4 Å². The van der Waals surface area contributed by atoms with Crippen molar-refractivity contribution in [2.75, 3.05) is 0 Å². The quantitative estimate of drug-likeness (QED) is 0.760. The highest BCUT2D eigenvalue weighted by molar-refractivity contribution is 5.67. The van der Waals surface area contributed by atoms with Crippen LogP contribution >= 0.6 is 0 Å². The van der Waals surface area contributed by atoms with Gasteiger partial charge in [-0.3, -0.25) is 4.79 Å². The highest BCUT2D eigenvalue weighted by atomic mass is 16.4. The number of hydrogen-bond acceptors (Lipinski definition) is 2. The van der Waals surface area contributed by atoms with Crippen LogP contribution in [0.25, 0.3) is 6.08 Å². The van der Waals surface area contributed by atoms with Gasteiger partial charge in [-0.2, -0.15) is 5.26 Å². The number of hydrogen-bond donors (Lipinski definition) is 1. The predicted molar refractivity (Wildman–Crippen MR) is 57.0 cm³/mol. The summed E-state index contributed by atoms with van der Waals surface area (Å²) in [6.45, 7) is 0. The van der Waals surface area contributed by atoms with Crippen LogP contribution in [0.2, 0.25) is 0 Å². The lowest BCUT2D eigenvalue weighted by Crippen LogP contribution is -1.97. The molecule has 0 spiro atoms. The fourth-order valence-corrected chi connectivity index (χ4v) is 1.18. The highest BCUT2D eigenvalue weighted by Crippen LogP contribution is 2.08. The van der Waals surface area contributed by atoms with E-state index in [1.165, 1.54) is 6.08 Å². The molecule has 3 nitrogen and oxygen atoms in total. The fourth-order valence-electron chi connectivity index (χ4n) is 1.18. The monoisotopic (exact) mass is 201 g/mol. The molecule has 0 atom stereocenters. The lowest BCUT2D eigenvalue weighted by atomic mass is 10.1. The van der Waals surface area contributed by atoms with Gasteiger partial charge < -0.3 is 5.11 Å². The molecule has 1 rings (SSSR count). The number of carboxylic acid groups (broad SMARTS) is 1. The molecule has 1 aromatic carbocycles. The van der Waals surface area contributed by atoms with Crippen molar-refractivity contribution >= 4 is 12.0 Å². The number of carbonyl (C=O) groups is 1. The van der Waals surface area contributed by atoms with Gasteiger partial charge in [0.1, 0.15) is 0 Å². The molecule has 1 aromatic rings. The van der Waals surface area contributed by atoms with Crippen molar-refractivity contribution in [3.05, 3.63) is 41.5 Å². The van der Waals surface area contributed by atoms with Crippen LogP contribution < -0.4 is 0 Å². The van der Waals surface area contributed by atoms with Crippen molar-refractivity contribution in [3.8, 4) is 6.07 Å². The standard InChI is InChI=1S/C12H11NO2/c13-9-1-2-10-3-5-11(6-4-10)7-8-12(14)15/h1-6H,7-8H2,(H,14,15). The maximum Gasteiger partial charge on any atom is 0.303 e. The largest absolute Gasteiger partial charge is 0.481 e. The lowest BCUT2D eigenvalue weighted by molar-refractivity contribution is -0.136. The molecular formula is C12H11NO2. The number of allylic oxidation sites excluding steroid dienone is 1. The zero-order chi connectivity index (χ0) is 11.1. The van der Waals surface area contributed by atoms with Gasteiger partial charge in [0, 0.05) is 12.5 Å². The predicted octanol–water partition coefficient (Wildman–Crippen LogP) is 2.24. The fraction of sp³-hybridized carbons (Fsp3) is 0.167. The molecule has 0 amide bonds. The lowest BCUT2D eigenvalue weighted by Gasteiger charge is -1.98. The van der Waals surface area contributed by atoms with Gasteiger partial charge in [-0.1, -0.05) is 24.3 Å². The van der Waals surface area contributed by atoms with Crippen LogP contribution in [0.3, 0.4) is 0 Å². The maximum atomic E-state index is 10.3. The molecule has 0 aliphatic heterocycles. The molecule has 1 N–H and O–H groups in total. The molecule has 0 fully saturated rings. The molecule has 15 heavy (non-hydrogen) atoms. The summed E-state index contributed by atoms with van der Waals surface area (Å²) in [6.07, 6.45) is 3.80. The van der Waals surface area contributed by atoms with Crippen molar-refractivity contribution in [1.82, 2.24) is 0 Å². The van der Waals surface area contributed by atoms with E-state index in [9.17, 15) is 4.79 Å². The normalized spacial score (nSPS) is 10.1. The Bertz CT molecular complexity index is 399. The summed E-state index contributed by atoms with van der Waals surface area (Å²) in [7, 11) is 0. The summed E-state index contributed by atoms with van der Waals surface area (Å²) in [6, 6.07) is 9.39. The zero-order valence-electron chi connectivity index (χ0n) is 8.18. The molecule has 0 heterocycles. The van der Waals surface area contributed by atoms with E-state index in [0.29, 0.717) is 6.42 Å². The first-order valence-corrected chi connectivity index (χ1v) is 4.59. The molecule has 0 aromatic heterocycles. The molecule has 0 saturated heterocycles. The number of aryl methyl sites for hydroxylation is 1. The summed E-state index contributed by atoms with van der Waals surface area (Å²) in [5.41, 5.74) is 1.93. The van der Waals surface area contributed by atoms with Crippen LogP contribution in [-0.2, 0) is 11.2 Å². The minimum absolute atomic E-state index is 0.146. The topological polar surface area (TPSA) is 61.1 Å². The minimum Gasteiger partial charge on any atom is -0.481 e. The van der Waals surface area contributed by atoms with E-state index >= 15 is 0 Å². The van der Waals surface area contributed by atoms with Crippen LogP contribution in [0.4, 0.5) is 0 Å². The van der Waals surface area contributed by atoms with Crippen LogP contribution in [0.1, 0.15) is 17.5 Å². The van der Waals surface area contributed by atoms with Crippen molar-refractivity contribution in [3.63, 3.8) is 0 Å². The van der Waals surface area contributed by atoms with Gasteiger partial charge in [0.2, 0.25) is 0 Å². The Morgan fingerprint density at radius 1 is 1.40 bits per heavy atom. The Labute approximate surface area is 88.3 Å². The van der Waals surface area contributed by atoms with Gasteiger partial charge in [0.25, 0.3) is 0 Å². The second-order valence-corrected chi connectivity index (χ2v) is 3.10. The summed E-state index contributed by atoms with van der Waals surface area (Å²) in [5.74, 6) is -0.788. The van der Waals surface area contributed by atoms with Gasteiger partial charge in [-0.15, -0.1) is 0 Å². The summed E-state index contributed by atoms with van der Waals surface area (Å²) in [5, 5.41) is 16.8. The van der Waals surface area contributed by atoms with Crippen molar-refractivity contribution < 1.29 is 9.90 Å². The Balaban J connectivity index is 2.61. The van der Waals surface area contributed by atoms with E-state index in [0.717, 1.165) is 11.1 Å². The Morgan fingerprint density at radius 3 is 2.60 bits per heavy atom. The molecule has 0 unspecified atom stereocenters. The van der Waals surface area contributed by atoms with E-state index in [1.807, 2.05) is 30.3 Å². The number of aliphatic carboxylic acids is 1. The first-order valence-electron chi connectivity index (χ1n) is 4.59. The molecule has 76 valence electrons. The van der Waals surface area contributed by atoms with Crippen LogP contribution in [0.15, 0.2) is 30.3 Å². The van der Waals surface area contributed by atoms with Gasteiger partial charge in [-0.05, 0) is 23.6 Å². The SMILES string of the molecule is N#CC=Cc1ccc(CCC(=O)O)cc1. The number of nitrogens with zero attached hydrogens (tertiary/aromatic N) is 1. The molecule has 0 bridgehead atoms. The van der Waals surface area contributed by atoms with Crippen LogP contribution in [0.5, 0.6) is 0 Å². The second kappa shape index (κ2) is 5.61. The van der Waals surface area contributed by atoms with E-state index in [1.54, 1.807) is 6.08 Å². The third-order valence-electron chi connectivity index (χ3n) is 1.96. The summed E-state index contributed by atoms with van der Waals surface area (Å²) < 4.78 is 0. The summed E-state index contributed by atoms with van der Waals surface area (Å²) >= 11 is 0. The van der Waals surface area contributed by atoms with E-state index < -0.39 is 5.97 Å². The number of benzene rings is 1. The summed E-state index contributed by atoms with van der Waals surface area (Å²) in [4.78, 5) is 10.3. The molecule has 3 heteroatoms. The van der Waals surface area contributed by atoms with Crippen molar-refractivity contribution in [1.29, 1.82) is 5.26 Å². The molecule has 0 radical (unpaired) electrons. The molecule has 0 aliphatic rings. The number of carboxylic acids is 1. The van der Waals surface area contributed by atoms with Crippen molar-refractivity contribution in [2.24, 2.45) is 0 Å². The van der Waals surface area contributed by atoms with Crippen LogP contribution in [0, 0.1) is 11.3 Å². The zero-order valence-corrected chi connectivity index (χ0v) is 8.18. The van der Waals surface area contributed by atoms with Gasteiger partial charge >= 0.3 is 5.97 Å². The Hall–Kier alpha value is -2.08. The number of rotatable bonds is 4. The van der Waals surface area contributed by atoms with E-state index in [2.05, 4.69) is 0 Å². The second-order valence-electron chi connectivity index (χ2n) is 3.10. The third-order valence-corrected chi connectivity index (χ3v) is 1.96. The molecule has 0 saturated carbocycles. The smallest absolute Gasteiger partial charge is 0.303 e. The highest BCUT2D eigenvalue weighted by Gasteiger charge is 1.98. The van der Waals surface area contributed by atoms with Gasteiger partial charge in [-0.25, -0.2) is 0 Å². The van der Waals surface area contributed by atoms with Gasteiger partial charge in [0.05, 0.1) is 6.07 Å². The average molecular weight is 201 g/mol. The molecule has 0 aliphatic carbocycles. The minimum atomic E-state index is -0.788. The maximum absolute atomic E-state index is 10.3. The Kier molecular flexibility index (Phi) is 4.11. The Morgan fingerprint density at radius 2 is 2.07 bits per heavy atom. The van der Waals surface area contributed by atoms with Gasteiger partial charge in [0.15, 0.2) is 0 Å². The van der Waals surface area contributed by atoms with Crippen LogP contribution in [-0.4, -0.2) is 11.1 Å². The van der Waals surface area contributed by atoms with E-state index in [-0.39, 0.29) is 6.42 Å². The van der Waals surface area contributed by atoms with Crippen molar-refractivity contribution in [2.45, 2.75) is 12.8 Å². The first-order chi connectivity index (χ1) is 7.22. The third kappa shape index (κ3) is 4.10. The number of nitriles is 1. The first kappa shape index (κ1) is 11.0. The average Bonchev–Trinajstić information content (AvgIpc) is 2.25.